The molecule has 0 radical (unpaired) electrons. The molecule has 1 aliphatic carbocycles. The fourth-order valence-electron chi connectivity index (χ4n) is 5.30. The SMILES string of the molecule is CNc1ccc(-c2ccc(OC)c(CN(C(=O)c3sc4ccccc4c3Cl)C3CCC(NC)CC3)c2)cn1. The lowest BCUT2D eigenvalue weighted by Crippen LogP contribution is -2.44. The van der Waals surface area contributed by atoms with Gasteiger partial charge in [-0.3, -0.25) is 4.79 Å². The molecule has 2 N–H and O–H groups in total. The van der Waals surface area contributed by atoms with Gasteiger partial charge in [-0.05, 0) is 68.6 Å². The molecular formula is C30H33ClN4O2S. The first-order valence-electron chi connectivity index (χ1n) is 13.0. The van der Waals surface area contributed by atoms with E-state index in [1.165, 1.54) is 11.3 Å². The summed E-state index contributed by atoms with van der Waals surface area (Å²) in [7, 11) is 5.54. The molecule has 0 bridgehead atoms. The van der Waals surface area contributed by atoms with Crippen LogP contribution in [0, 0.1) is 0 Å². The van der Waals surface area contributed by atoms with Gasteiger partial charge in [-0.15, -0.1) is 11.3 Å². The normalized spacial score (nSPS) is 17.4. The van der Waals surface area contributed by atoms with Crippen molar-refractivity contribution in [2.45, 2.75) is 44.3 Å². The van der Waals surface area contributed by atoms with Crippen LogP contribution in [0.25, 0.3) is 21.2 Å². The van der Waals surface area contributed by atoms with E-state index >= 15 is 0 Å². The van der Waals surface area contributed by atoms with Gasteiger partial charge in [0.25, 0.3) is 5.91 Å². The van der Waals surface area contributed by atoms with Gasteiger partial charge in [0.1, 0.15) is 16.4 Å². The molecule has 2 aromatic carbocycles. The predicted octanol–water partition coefficient (Wildman–Crippen LogP) is 6.84. The number of ether oxygens (including phenoxy) is 1. The van der Waals surface area contributed by atoms with Gasteiger partial charge in [0.15, 0.2) is 0 Å². The average Bonchev–Trinajstić information content (AvgIpc) is 3.32. The molecule has 8 heteroatoms. The van der Waals surface area contributed by atoms with E-state index in [2.05, 4.69) is 21.7 Å². The van der Waals surface area contributed by atoms with E-state index in [0.717, 1.165) is 64.0 Å². The number of benzene rings is 2. The number of pyridine rings is 1. The van der Waals surface area contributed by atoms with E-state index in [-0.39, 0.29) is 11.9 Å². The number of methoxy groups -OCH3 is 1. The van der Waals surface area contributed by atoms with Crippen LogP contribution in [0.3, 0.4) is 0 Å². The molecule has 1 fully saturated rings. The van der Waals surface area contributed by atoms with Crippen LogP contribution in [0.5, 0.6) is 5.75 Å². The van der Waals surface area contributed by atoms with Crippen LogP contribution in [0.4, 0.5) is 5.82 Å². The van der Waals surface area contributed by atoms with Crippen LogP contribution in [-0.2, 0) is 6.54 Å². The molecule has 2 aromatic heterocycles. The van der Waals surface area contributed by atoms with Crippen LogP contribution in [0.1, 0.15) is 40.9 Å². The lowest BCUT2D eigenvalue weighted by molar-refractivity contribution is 0.0604. The van der Waals surface area contributed by atoms with Gasteiger partial charge in [-0.25, -0.2) is 4.98 Å². The van der Waals surface area contributed by atoms with Crippen molar-refractivity contribution in [2.24, 2.45) is 0 Å². The first-order valence-corrected chi connectivity index (χ1v) is 14.2. The van der Waals surface area contributed by atoms with Crippen molar-refractivity contribution in [1.29, 1.82) is 0 Å². The summed E-state index contributed by atoms with van der Waals surface area (Å²) < 4.78 is 6.78. The van der Waals surface area contributed by atoms with Crippen molar-refractivity contribution in [2.75, 3.05) is 26.5 Å². The standard InChI is InChI=1S/C30H33ClN4O2S/c1-32-22-10-12-23(13-11-22)35(30(36)29-28(31)24-6-4-5-7-26(24)38-29)18-21-16-19(8-14-25(21)37-3)20-9-15-27(33-2)34-17-20/h4-9,14-17,22-23,32H,10-13,18H2,1-3H3,(H,33,34). The van der Waals surface area contributed by atoms with Crippen molar-refractivity contribution in [1.82, 2.24) is 15.2 Å². The summed E-state index contributed by atoms with van der Waals surface area (Å²) in [5.41, 5.74) is 3.00. The molecule has 0 atom stereocenters. The monoisotopic (exact) mass is 548 g/mol. The molecule has 0 aliphatic heterocycles. The summed E-state index contributed by atoms with van der Waals surface area (Å²) in [6, 6.07) is 18.7. The zero-order valence-corrected chi connectivity index (χ0v) is 23.5. The minimum Gasteiger partial charge on any atom is -0.496 e. The van der Waals surface area contributed by atoms with Gasteiger partial charge in [0, 0.05) is 53.1 Å². The van der Waals surface area contributed by atoms with Crippen molar-refractivity contribution in [3.05, 3.63) is 76.3 Å². The summed E-state index contributed by atoms with van der Waals surface area (Å²) in [6.07, 6.45) is 5.81. The molecule has 0 unspecified atom stereocenters. The molecule has 0 spiro atoms. The Balaban J connectivity index is 1.51. The Hall–Kier alpha value is -3.13. The first-order chi connectivity index (χ1) is 18.5. The van der Waals surface area contributed by atoms with Gasteiger partial charge in [0.05, 0.1) is 12.1 Å². The maximum absolute atomic E-state index is 14.2. The van der Waals surface area contributed by atoms with Crippen LogP contribution >= 0.6 is 22.9 Å². The maximum atomic E-state index is 14.2. The van der Waals surface area contributed by atoms with Gasteiger partial charge in [-0.1, -0.05) is 35.9 Å². The summed E-state index contributed by atoms with van der Waals surface area (Å²) in [6.45, 7) is 0.442. The highest BCUT2D eigenvalue weighted by molar-refractivity contribution is 7.21. The number of carbonyl (C=O) groups is 1. The number of hydrogen-bond donors (Lipinski definition) is 2. The Bertz CT molecular complexity index is 1410. The lowest BCUT2D eigenvalue weighted by atomic mass is 9.89. The lowest BCUT2D eigenvalue weighted by Gasteiger charge is -2.37. The van der Waals surface area contributed by atoms with E-state index in [1.54, 1.807) is 7.11 Å². The summed E-state index contributed by atoms with van der Waals surface area (Å²) in [4.78, 5) is 21.3. The molecule has 0 saturated heterocycles. The van der Waals surface area contributed by atoms with E-state index in [9.17, 15) is 4.79 Å². The molecule has 1 amide bonds. The van der Waals surface area contributed by atoms with Gasteiger partial charge in [0.2, 0.25) is 0 Å². The molecule has 6 nitrogen and oxygen atoms in total. The second-order valence-electron chi connectivity index (χ2n) is 9.68. The first kappa shape index (κ1) is 26.5. The Labute approximate surface area is 233 Å². The highest BCUT2D eigenvalue weighted by Crippen LogP contribution is 2.38. The molecule has 4 aromatic rings. The molecule has 5 rings (SSSR count). The van der Waals surface area contributed by atoms with E-state index < -0.39 is 0 Å². The van der Waals surface area contributed by atoms with Crippen molar-refractivity contribution < 1.29 is 9.53 Å². The predicted molar refractivity (Wildman–Crippen MR) is 158 cm³/mol. The molecule has 2 heterocycles. The number of nitrogens with zero attached hydrogens (tertiary/aromatic N) is 2. The van der Waals surface area contributed by atoms with E-state index in [0.29, 0.717) is 22.5 Å². The molecule has 38 heavy (non-hydrogen) atoms. The van der Waals surface area contributed by atoms with Gasteiger partial charge < -0.3 is 20.3 Å². The number of halogens is 1. The number of rotatable bonds is 8. The highest BCUT2D eigenvalue weighted by Gasteiger charge is 2.32. The van der Waals surface area contributed by atoms with Crippen LogP contribution < -0.4 is 15.4 Å². The summed E-state index contributed by atoms with van der Waals surface area (Å²) >= 11 is 8.26. The minimum absolute atomic E-state index is 0.0170. The number of fused-ring (bicyclic) bond motifs is 1. The fraction of sp³-hybridized carbons (Fsp3) is 0.333. The Morgan fingerprint density at radius 1 is 1.08 bits per heavy atom. The third-order valence-electron chi connectivity index (χ3n) is 7.51. The number of aromatic nitrogens is 1. The Morgan fingerprint density at radius 3 is 2.50 bits per heavy atom. The second-order valence-corrected chi connectivity index (χ2v) is 11.1. The molecule has 1 aliphatic rings. The topological polar surface area (TPSA) is 66.5 Å². The van der Waals surface area contributed by atoms with E-state index in [4.69, 9.17) is 16.3 Å². The number of amides is 1. The van der Waals surface area contributed by atoms with Crippen molar-refractivity contribution >= 4 is 44.7 Å². The van der Waals surface area contributed by atoms with Crippen LogP contribution in [-0.4, -0.2) is 49.1 Å². The zero-order chi connectivity index (χ0) is 26.6. The Morgan fingerprint density at radius 2 is 1.84 bits per heavy atom. The summed E-state index contributed by atoms with van der Waals surface area (Å²) in [5.74, 6) is 1.56. The maximum Gasteiger partial charge on any atom is 0.266 e. The zero-order valence-electron chi connectivity index (χ0n) is 22.0. The molecule has 198 valence electrons. The number of anilines is 1. The van der Waals surface area contributed by atoms with Gasteiger partial charge >= 0.3 is 0 Å². The average molecular weight is 549 g/mol. The van der Waals surface area contributed by atoms with E-state index in [1.807, 2.05) is 73.7 Å². The van der Waals surface area contributed by atoms with Crippen molar-refractivity contribution in [3.8, 4) is 16.9 Å². The minimum atomic E-state index is -0.0170. The van der Waals surface area contributed by atoms with Crippen molar-refractivity contribution in [3.63, 3.8) is 0 Å². The smallest absolute Gasteiger partial charge is 0.266 e. The third kappa shape index (κ3) is 5.37. The van der Waals surface area contributed by atoms with Gasteiger partial charge in [-0.2, -0.15) is 0 Å². The fourth-order valence-corrected chi connectivity index (χ4v) is 6.77. The number of thiophene rings is 1. The number of carbonyl (C=O) groups excluding carboxylic acids is 1. The molecule has 1 saturated carbocycles. The third-order valence-corrected chi connectivity index (χ3v) is 9.17. The highest BCUT2D eigenvalue weighted by atomic mass is 35.5. The van der Waals surface area contributed by atoms with Crippen LogP contribution in [0.15, 0.2) is 60.8 Å². The quantitative estimate of drug-likeness (QED) is 0.252. The molecular weight excluding hydrogens is 516 g/mol. The Kier molecular flexibility index (Phi) is 8.17. The number of nitrogens with one attached hydrogen (secondary N) is 2. The van der Waals surface area contributed by atoms with Crippen LogP contribution in [0.2, 0.25) is 5.02 Å². The number of hydrogen-bond acceptors (Lipinski definition) is 6. The largest absolute Gasteiger partial charge is 0.496 e. The second kappa shape index (κ2) is 11.7. The summed E-state index contributed by atoms with van der Waals surface area (Å²) in [5, 5.41) is 7.93.